The third kappa shape index (κ3) is 1.81. The van der Waals surface area contributed by atoms with Gasteiger partial charge >= 0.3 is 6.03 Å². The van der Waals surface area contributed by atoms with Crippen molar-refractivity contribution in [1.82, 2.24) is 4.90 Å². The Morgan fingerprint density at radius 2 is 2.17 bits per heavy atom. The van der Waals surface area contributed by atoms with Crippen molar-refractivity contribution in [2.24, 2.45) is 5.73 Å². The molecule has 1 heterocycles. The summed E-state index contributed by atoms with van der Waals surface area (Å²) in [5.41, 5.74) is 4.89. The Labute approximate surface area is 69.5 Å². The van der Waals surface area contributed by atoms with Gasteiger partial charge in [0, 0.05) is 12.8 Å². The predicted octanol–water partition coefficient (Wildman–Crippen LogP) is -0.539. The summed E-state index contributed by atoms with van der Waals surface area (Å²) in [6.07, 6.45) is 1.97. The Morgan fingerprint density at radius 1 is 1.50 bits per heavy atom. The van der Waals surface area contributed by atoms with Gasteiger partial charge < -0.3 is 5.73 Å². The van der Waals surface area contributed by atoms with Crippen LogP contribution in [0.3, 0.4) is 0 Å². The Bertz CT molecular complexity index is 237. The zero-order valence-electron chi connectivity index (χ0n) is 6.45. The number of amides is 3. The minimum Gasteiger partial charge on any atom is -0.351 e. The van der Waals surface area contributed by atoms with E-state index in [4.69, 9.17) is 5.73 Å². The molecule has 5 nitrogen and oxygen atoms in total. The molecular weight excluding hydrogens is 160 g/mol. The van der Waals surface area contributed by atoms with Gasteiger partial charge in [0.1, 0.15) is 0 Å². The van der Waals surface area contributed by atoms with E-state index in [1.807, 2.05) is 0 Å². The molecular formula is C7H9N2O3. The maximum absolute atomic E-state index is 11.1. The second-order valence-electron chi connectivity index (χ2n) is 2.53. The SMILES string of the molecule is NC(=O)N1CC(=O)[CH]CCC1=O. The average Bonchev–Trinajstić information content (AvgIpc) is 2.13. The van der Waals surface area contributed by atoms with Crippen molar-refractivity contribution in [3.63, 3.8) is 0 Å². The van der Waals surface area contributed by atoms with Crippen molar-refractivity contribution in [1.29, 1.82) is 0 Å². The monoisotopic (exact) mass is 169 g/mol. The van der Waals surface area contributed by atoms with Crippen molar-refractivity contribution in [3.05, 3.63) is 6.42 Å². The van der Waals surface area contributed by atoms with Crippen LogP contribution in [-0.2, 0) is 9.59 Å². The Morgan fingerprint density at radius 3 is 2.75 bits per heavy atom. The molecule has 1 radical (unpaired) electrons. The lowest BCUT2D eigenvalue weighted by Crippen LogP contribution is -2.42. The summed E-state index contributed by atoms with van der Waals surface area (Å²) in [5.74, 6) is -0.621. The fourth-order valence-electron chi connectivity index (χ4n) is 1.00. The lowest BCUT2D eigenvalue weighted by molar-refractivity contribution is -0.130. The second kappa shape index (κ2) is 3.34. The maximum Gasteiger partial charge on any atom is 0.321 e. The molecule has 0 aromatic carbocycles. The number of likely N-dealkylation sites (tertiary alicyclic amines) is 1. The van der Waals surface area contributed by atoms with Gasteiger partial charge in [-0.15, -0.1) is 0 Å². The van der Waals surface area contributed by atoms with E-state index in [-0.39, 0.29) is 24.7 Å². The number of carbonyl (C=O) groups excluding carboxylic acids is 3. The summed E-state index contributed by atoms with van der Waals surface area (Å²) in [4.78, 5) is 33.3. The van der Waals surface area contributed by atoms with Crippen molar-refractivity contribution in [3.8, 4) is 0 Å². The summed E-state index contributed by atoms with van der Waals surface area (Å²) in [6, 6.07) is -0.858. The molecule has 65 valence electrons. The molecule has 2 N–H and O–H groups in total. The number of hydrogen-bond acceptors (Lipinski definition) is 3. The highest BCUT2D eigenvalue weighted by Crippen LogP contribution is 2.07. The number of primary amides is 1. The van der Waals surface area contributed by atoms with Crippen LogP contribution in [0, 0.1) is 6.42 Å². The summed E-state index contributed by atoms with van der Waals surface area (Å²) < 4.78 is 0. The smallest absolute Gasteiger partial charge is 0.321 e. The van der Waals surface area contributed by atoms with E-state index in [9.17, 15) is 14.4 Å². The topological polar surface area (TPSA) is 80.5 Å². The number of nitrogens with two attached hydrogens (primary N) is 1. The minimum absolute atomic E-state index is 0.175. The molecule has 12 heavy (non-hydrogen) atoms. The molecule has 3 amide bonds. The first-order valence-electron chi connectivity index (χ1n) is 3.57. The van der Waals surface area contributed by atoms with Crippen LogP contribution in [0.1, 0.15) is 12.8 Å². The summed E-state index contributed by atoms with van der Waals surface area (Å²) in [7, 11) is 0. The number of hydrogen-bond donors (Lipinski definition) is 1. The molecule has 0 spiro atoms. The van der Waals surface area contributed by atoms with E-state index in [1.165, 1.54) is 6.42 Å². The van der Waals surface area contributed by atoms with Crippen LogP contribution in [0.25, 0.3) is 0 Å². The molecule has 0 saturated carbocycles. The Kier molecular flexibility index (Phi) is 2.42. The molecule has 0 aliphatic carbocycles. The number of nitrogens with zero attached hydrogens (tertiary/aromatic N) is 1. The second-order valence-corrected chi connectivity index (χ2v) is 2.53. The number of Topliss-reactive ketones (excluding diaryl/α,β-unsaturated/α-hetero) is 1. The number of imide groups is 1. The molecule has 0 bridgehead atoms. The number of carbonyl (C=O) groups is 3. The Balaban J connectivity index is 2.74. The third-order valence-corrected chi connectivity index (χ3v) is 1.61. The van der Waals surface area contributed by atoms with E-state index >= 15 is 0 Å². The first kappa shape index (κ1) is 8.70. The first-order chi connectivity index (χ1) is 5.61. The summed E-state index contributed by atoms with van der Waals surface area (Å²) >= 11 is 0. The molecule has 1 aliphatic heterocycles. The molecule has 1 aliphatic rings. The van der Waals surface area contributed by atoms with Gasteiger partial charge in [0.05, 0.1) is 6.54 Å². The van der Waals surface area contributed by atoms with Gasteiger partial charge in [-0.25, -0.2) is 4.79 Å². The first-order valence-corrected chi connectivity index (χ1v) is 3.57. The maximum atomic E-state index is 11.1. The zero-order valence-corrected chi connectivity index (χ0v) is 6.45. The van der Waals surface area contributed by atoms with E-state index in [1.54, 1.807) is 0 Å². The highest BCUT2D eigenvalue weighted by Gasteiger charge is 2.24. The number of rotatable bonds is 0. The van der Waals surface area contributed by atoms with Gasteiger partial charge in [-0.05, 0) is 6.42 Å². The molecule has 0 aromatic heterocycles. The standard InChI is InChI=1S/C7H9N2O3/c8-7(12)9-4-5(10)2-1-3-6(9)11/h2H,1,3-4H2,(H2,8,12). The normalized spacial score (nSPS) is 19.2. The van der Waals surface area contributed by atoms with Gasteiger partial charge in [-0.2, -0.15) is 0 Å². The van der Waals surface area contributed by atoms with Gasteiger partial charge in [0.25, 0.3) is 0 Å². The Hall–Kier alpha value is -1.39. The van der Waals surface area contributed by atoms with Crippen LogP contribution in [-0.4, -0.2) is 29.2 Å². The fourth-order valence-corrected chi connectivity index (χ4v) is 1.00. The van der Waals surface area contributed by atoms with Gasteiger partial charge in [0.15, 0.2) is 5.78 Å². The highest BCUT2D eigenvalue weighted by molar-refractivity contribution is 6.01. The minimum atomic E-state index is -0.858. The van der Waals surface area contributed by atoms with Gasteiger partial charge in [0.2, 0.25) is 5.91 Å². The van der Waals surface area contributed by atoms with Crippen LogP contribution in [0.2, 0.25) is 0 Å². The van der Waals surface area contributed by atoms with Crippen molar-refractivity contribution in [2.75, 3.05) is 6.54 Å². The molecule has 5 heteroatoms. The van der Waals surface area contributed by atoms with Crippen LogP contribution in [0.4, 0.5) is 4.79 Å². The fraction of sp³-hybridized carbons (Fsp3) is 0.429. The summed E-state index contributed by atoms with van der Waals surface area (Å²) in [6.45, 7) is -0.214. The molecule has 0 atom stereocenters. The number of ketones is 1. The van der Waals surface area contributed by atoms with E-state index in [2.05, 4.69) is 0 Å². The lowest BCUT2D eigenvalue weighted by Gasteiger charge is -2.13. The van der Waals surface area contributed by atoms with E-state index in [0.29, 0.717) is 6.42 Å². The predicted molar refractivity (Wildman–Crippen MR) is 39.8 cm³/mol. The van der Waals surface area contributed by atoms with Crippen LogP contribution < -0.4 is 5.73 Å². The third-order valence-electron chi connectivity index (χ3n) is 1.61. The number of urea groups is 1. The van der Waals surface area contributed by atoms with E-state index < -0.39 is 6.03 Å². The van der Waals surface area contributed by atoms with Crippen molar-refractivity contribution < 1.29 is 14.4 Å². The molecule has 1 fully saturated rings. The molecule has 0 unspecified atom stereocenters. The van der Waals surface area contributed by atoms with Gasteiger partial charge in [-0.1, -0.05) is 0 Å². The van der Waals surface area contributed by atoms with E-state index in [0.717, 1.165) is 4.90 Å². The highest BCUT2D eigenvalue weighted by atomic mass is 16.2. The van der Waals surface area contributed by atoms with Crippen molar-refractivity contribution in [2.45, 2.75) is 12.8 Å². The molecule has 0 aromatic rings. The quantitative estimate of drug-likeness (QED) is 0.528. The van der Waals surface area contributed by atoms with Crippen LogP contribution in [0.5, 0.6) is 0 Å². The molecule has 1 saturated heterocycles. The van der Waals surface area contributed by atoms with Crippen molar-refractivity contribution >= 4 is 17.7 Å². The largest absolute Gasteiger partial charge is 0.351 e. The average molecular weight is 169 g/mol. The lowest BCUT2D eigenvalue weighted by atomic mass is 10.2. The van der Waals surface area contributed by atoms with Gasteiger partial charge in [-0.3, -0.25) is 14.5 Å². The summed E-state index contributed by atoms with van der Waals surface area (Å²) in [5, 5.41) is 0. The molecule has 1 rings (SSSR count). The van der Waals surface area contributed by atoms with Crippen LogP contribution in [0.15, 0.2) is 0 Å². The zero-order chi connectivity index (χ0) is 9.14. The van der Waals surface area contributed by atoms with Crippen LogP contribution >= 0.6 is 0 Å².